The second-order valence-electron chi connectivity index (χ2n) is 8.74. The van der Waals surface area contributed by atoms with Crippen LogP contribution in [0.25, 0.3) is 0 Å². The Kier molecular flexibility index (Phi) is 7.48. The zero-order chi connectivity index (χ0) is 24.2. The molecule has 178 valence electrons. The molecule has 1 aliphatic carbocycles. The van der Waals surface area contributed by atoms with Gasteiger partial charge in [-0.2, -0.15) is 18.2 Å². The van der Waals surface area contributed by atoms with E-state index in [0.717, 1.165) is 0 Å². The van der Waals surface area contributed by atoms with Crippen LogP contribution in [0.2, 0.25) is 0 Å². The Morgan fingerprint density at radius 1 is 1.36 bits per heavy atom. The Labute approximate surface area is 193 Å². The van der Waals surface area contributed by atoms with Gasteiger partial charge in [-0.3, -0.25) is 13.7 Å². The van der Waals surface area contributed by atoms with Gasteiger partial charge in [0.2, 0.25) is 5.78 Å². The lowest BCUT2D eigenvalue weighted by Gasteiger charge is -2.15. The zero-order valence-corrected chi connectivity index (χ0v) is 19.8. The maximum absolute atomic E-state index is 13.0. The van der Waals surface area contributed by atoms with Crippen molar-refractivity contribution in [3.63, 3.8) is 0 Å². The number of aliphatic hydroxyl groups excluding tert-OH is 1. The number of hydrogen-bond donors (Lipinski definition) is 3. The topological polar surface area (TPSA) is 148 Å². The third-order valence-corrected chi connectivity index (χ3v) is 5.85. The molecule has 2 heterocycles. The molecule has 2 aromatic rings. The van der Waals surface area contributed by atoms with Crippen molar-refractivity contribution >= 4 is 21.9 Å². The van der Waals surface area contributed by atoms with Crippen LogP contribution in [-0.4, -0.2) is 64.4 Å². The van der Waals surface area contributed by atoms with Crippen molar-refractivity contribution in [3.8, 4) is 11.8 Å². The van der Waals surface area contributed by atoms with Crippen LogP contribution < -0.4 is 10.0 Å². The van der Waals surface area contributed by atoms with Crippen LogP contribution in [0.15, 0.2) is 24.8 Å². The highest BCUT2D eigenvalue weighted by Gasteiger charge is 2.37. The van der Waals surface area contributed by atoms with Crippen molar-refractivity contribution < 1.29 is 22.5 Å². The summed E-state index contributed by atoms with van der Waals surface area (Å²) >= 11 is 0. The summed E-state index contributed by atoms with van der Waals surface area (Å²) in [6, 6.07) is 1.24. The molecule has 0 aliphatic heterocycles. The minimum Gasteiger partial charge on any atom is -0.390 e. The molecule has 2 aromatic heterocycles. The molecule has 3 atom stereocenters. The predicted octanol–water partition coefficient (Wildman–Crippen LogP) is 0.738. The molecule has 3 rings (SSSR count). The van der Waals surface area contributed by atoms with Crippen LogP contribution in [0.5, 0.6) is 0 Å². The summed E-state index contributed by atoms with van der Waals surface area (Å²) in [7, 11) is -2.71. The predicted molar refractivity (Wildman–Crippen MR) is 120 cm³/mol. The number of carbonyl (C=O) groups is 1. The highest BCUT2D eigenvalue weighted by atomic mass is 32.2. The van der Waals surface area contributed by atoms with E-state index in [0.29, 0.717) is 6.54 Å². The van der Waals surface area contributed by atoms with Crippen LogP contribution in [-0.2, 0) is 21.0 Å². The van der Waals surface area contributed by atoms with Crippen LogP contribution in [0.1, 0.15) is 49.7 Å². The number of nitrogens with zero attached hydrogens (tertiary/aromatic N) is 4. The summed E-state index contributed by atoms with van der Waals surface area (Å²) in [5, 5.41) is 17.6. The third kappa shape index (κ3) is 6.82. The Bertz CT molecular complexity index is 1160. The number of ketones is 1. The van der Waals surface area contributed by atoms with Gasteiger partial charge < -0.3 is 10.4 Å². The molecule has 0 amide bonds. The minimum absolute atomic E-state index is 0.122. The van der Waals surface area contributed by atoms with Gasteiger partial charge in [-0.1, -0.05) is 11.8 Å². The van der Waals surface area contributed by atoms with E-state index in [1.807, 2.05) is 20.8 Å². The van der Waals surface area contributed by atoms with Gasteiger partial charge in [0.25, 0.3) is 0 Å². The molecule has 12 heteroatoms. The molecule has 1 saturated carbocycles. The molecule has 0 saturated heterocycles. The standard InChI is InChI=1S/C21H28N6O5S/c1-21(2,3)7-5-8-27-9-6-16(26-27)19(29)15-12-23-13-24-20(15)25-14-10-17(28)18(11-14)32-33(30,31)22-4/h6,9,12-14,17-18,22,28H,8,10-11H2,1-4H3,(H,23,24,25)/t14-,17+,18-/m1/s1. The molecule has 0 bridgehead atoms. The summed E-state index contributed by atoms with van der Waals surface area (Å²) in [5.41, 5.74) is 0.312. The number of hydrogen-bond acceptors (Lipinski definition) is 9. The second kappa shape index (κ2) is 9.96. The fourth-order valence-electron chi connectivity index (χ4n) is 3.31. The molecule has 1 aliphatic rings. The third-order valence-electron chi connectivity index (χ3n) is 4.85. The van der Waals surface area contributed by atoms with Crippen LogP contribution in [0, 0.1) is 17.3 Å². The van der Waals surface area contributed by atoms with Crippen molar-refractivity contribution in [1.82, 2.24) is 24.5 Å². The highest BCUT2D eigenvalue weighted by Crippen LogP contribution is 2.27. The summed E-state index contributed by atoms with van der Waals surface area (Å²) in [4.78, 5) is 21.2. The van der Waals surface area contributed by atoms with Gasteiger partial charge in [-0.25, -0.2) is 9.97 Å². The first-order valence-corrected chi connectivity index (χ1v) is 11.8. The first-order valence-electron chi connectivity index (χ1n) is 10.4. The lowest BCUT2D eigenvalue weighted by molar-refractivity contribution is 0.0636. The Balaban J connectivity index is 1.71. The van der Waals surface area contributed by atoms with Gasteiger partial charge in [0.1, 0.15) is 30.5 Å². The number of nitrogens with one attached hydrogen (secondary N) is 2. The Morgan fingerprint density at radius 2 is 2.12 bits per heavy atom. The van der Waals surface area contributed by atoms with Crippen molar-refractivity contribution in [1.29, 1.82) is 0 Å². The van der Waals surface area contributed by atoms with Gasteiger partial charge in [0.15, 0.2) is 0 Å². The average molecular weight is 477 g/mol. The number of carbonyl (C=O) groups excluding carboxylic acids is 1. The maximum Gasteiger partial charge on any atom is 0.335 e. The molecule has 0 aromatic carbocycles. The smallest absolute Gasteiger partial charge is 0.335 e. The van der Waals surface area contributed by atoms with E-state index in [-0.39, 0.29) is 47.2 Å². The van der Waals surface area contributed by atoms with E-state index >= 15 is 0 Å². The van der Waals surface area contributed by atoms with Gasteiger partial charge in [0.05, 0.1) is 11.7 Å². The number of aromatic nitrogens is 4. The van der Waals surface area contributed by atoms with Crippen molar-refractivity contribution in [2.75, 3.05) is 12.4 Å². The molecule has 3 N–H and O–H groups in total. The fourth-order valence-corrected chi connectivity index (χ4v) is 3.94. The lowest BCUT2D eigenvalue weighted by atomic mass is 9.98. The zero-order valence-electron chi connectivity index (χ0n) is 18.9. The van der Waals surface area contributed by atoms with E-state index in [9.17, 15) is 18.3 Å². The summed E-state index contributed by atoms with van der Waals surface area (Å²) in [6.07, 6.45) is 2.90. The first kappa shape index (κ1) is 24.8. The molecule has 0 spiro atoms. The molecule has 0 unspecified atom stereocenters. The quantitative estimate of drug-likeness (QED) is 0.370. The first-order chi connectivity index (χ1) is 15.5. The molecular formula is C21H28N6O5S. The molecule has 33 heavy (non-hydrogen) atoms. The number of rotatable bonds is 8. The summed E-state index contributed by atoms with van der Waals surface area (Å²) < 4.78 is 31.9. The van der Waals surface area contributed by atoms with E-state index in [1.54, 1.807) is 16.9 Å². The molecular weight excluding hydrogens is 448 g/mol. The van der Waals surface area contributed by atoms with Crippen molar-refractivity contribution in [2.24, 2.45) is 5.41 Å². The molecule has 0 radical (unpaired) electrons. The summed E-state index contributed by atoms with van der Waals surface area (Å²) in [5.74, 6) is 6.06. The monoisotopic (exact) mass is 476 g/mol. The van der Waals surface area contributed by atoms with Gasteiger partial charge in [-0.05, 0) is 39.7 Å². The van der Waals surface area contributed by atoms with Crippen molar-refractivity contribution in [3.05, 3.63) is 36.0 Å². The van der Waals surface area contributed by atoms with E-state index in [2.05, 4.69) is 36.9 Å². The Morgan fingerprint density at radius 3 is 2.82 bits per heavy atom. The van der Waals surface area contributed by atoms with Gasteiger partial charge in [-0.15, -0.1) is 0 Å². The van der Waals surface area contributed by atoms with Crippen molar-refractivity contribution in [2.45, 2.75) is 58.4 Å². The van der Waals surface area contributed by atoms with Gasteiger partial charge >= 0.3 is 10.3 Å². The molecule has 1 fully saturated rings. The lowest BCUT2D eigenvalue weighted by Crippen LogP contribution is -2.31. The largest absolute Gasteiger partial charge is 0.390 e. The highest BCUT2D eigenvalue weighted by molar-refractivity contribution is 7.84. The normalized spacial score (nSPS) is 20.8. The Hall–Kier alpha value is -2.85. The van der Waals surface area contributed by atoms with E-state index < -0.39 is 22.5 Å². The SMILES string of the molecule is CNS(=O)(=O)O[C@@H]1C[C@H](Nc2ncncc2C(=O)c2ccn(CC#CC(C)(C)C)n2)C[C@@H]1O. The number of anilines is 1. The van der Waals surface area contributed by atoms with Crippen LogP contribution in [0.3, 0.4) is 0 Å². The second-order valence-corrected chi connectivity index (χ2v) is 10.2. The van der Waals surface area contributed by atoms with Crippen LogP contribution >= 0.6 is 0 Å². The average Bonchev–Trinajstić information content (AvgIpc) is 3.33. The summed E-state index contributed by atoms with van der Waals surface area (Å²) in [6.45, 7) is 6.40. The van der Waals surface area contributed by atoms with E-state index in [4.69, 9.17) is 4.18 Å². The maximum atomic E-state index is 13.0. The van der Waals surface area contributed by atoms with Crippen LogP contribution in [0.4, 0.5) is 5.82 Å². The minimum atomic E-state index is -3.94. The fraction of sp³-hybridized carbons (Fsp3) is 0.524. The molecule has 11 nitrogen and oxygen atoms in total. The number of aliphatic hydroxyl groups is 1. The van der Waals surface area contributed by atoms with Gasteiger partial charge in [0, 0.05) is 30.9 Å². The van der Waals surface area contributed by atoms with E-state index in [1.165, 1.54) is 19.6 Å².